The Balaban J connectivity index is 1.79. The first kappa shape index (κ1) is 19.7. The Hall–Kier alpha value is -2.59. The maximum absolute atomic E-state index is 12.2. The molecule has 0 heterocycles. The molecular formula is C22H27NO3. The predicted molar refractivity (Wildman–Crippen MR) is 105 cm³/mol. The summed E-state index contributed by atoms with van der Waals surface area (Å²) in [5.41, 5.74) is 1.61. The van der Waals surface area contributed by atoms with E-state index in [-0.39, 0.29) is 5.91 Å². The molecule has 0 atom stereocenters. The molecule has 1 amide bonds. The summed E-state index contributed by atoms with van der Waals surface area (Å²) >= 11 is 0. The van der Waals surface area contributed by atoms with Crippen LogP contribution in [0.2, 0.25) is 0 Å². The lowest BCUT2D eigenvalue weighted by molar-refractivity contribution is -0.118. The first-order valence-corrected chi connectivity index (χ1v) is 8.83. The number of carbonyl (C=O) groups is 1. The fourth-order valence-corrected chi connectivity index (χ4v) is 2.42. The third-order valence-corrected chi connectivity index (χ3v) is 3.65. The number of amides is 1. The molecule has 0 aliphatic carbocycles. The second-order valence-corrected chi connectivity index (χ2v) is 6.69. The lowest BCUT2D eigenvalue weighted by Crippen LogP contribution is -2.46. The summed E-state index contributed by atoms with van der Waals surface area (Å²) in [6, 6.07) is 17.6. The highest BCUT2D eigenvalue weighted by Gasteiger charge is 2.19. The smallest absolute Gasteiger partial charge is 0.244 e. The molecule has 2 rings (SSSR count). The maximum Gasteiger partial charge on any atom is 0.244 e. The molecule has 4 heteroatoms. The van der Waals surface area contributed by atoms with Crippen molar-refractivity contribution in [3.63, 3.8) is 0 Å². The summed E-state index contributed by atoms with van der Waals surface area (Å²) in [6.45, 7) is 7.44. The minimum atomic E-state index is -0.449. The van der Waals surface area contributed by atoms with E-state index in [0.717, 1.165) is 16.9 Å². The van der Waals surface area contributed by atoms with Crippen molar-refractivity contribution in [2.45, 2.75) is 32.9 Å². The number of hydrogen-bond acceptors (Lipinski definition) is 3. The number of ether oxygens (including phenoxy) is 2. The molecule has 1 N–H and O–H groups in total. The lowest BCUT2D eigenvalue weighted by Gasteiger charge is -2.25. The molecule has 4 nitrogen and oxygen atoms in total. The second kappa shape index (κ2) is 9.78. The number of rotatable bonds is 9. The van der Waals surface area contributed by atoms with Crippen molar-refractivity contribution in [2.24, 2.45) is 0 Å². The van der Waals surface area contributed by atoms with Crippen LogP contribution in [0.25, 0.3) is 6.08 Å². The van der Waals surface area contributed by atoms with Gasteiger partial charge in [0.15, 0.2) is 0 Å². The van der Waals surface area contributed by atoms with Crippen LogP contribution in [-0.2, 0) is 16.1 Å². The van der Waals surface area contributed by atoms with Crippen LogP contribution in [0.1, 0.15) is 31.9 Å². The van der Waals surface area contributed by atoms with E-state index in [4.69, 9.17) is 9.47 Å². The zero-order chi connectivity index (χ0) is 18.8. The van der Waals surface area contributed by atoms with E-state index in [0.29, 0.717) is 19.8 Å². The molecular weight excluding hydrogens is 326 g/mol. The molecule has 0 saturated heterocycles. The van der Waals surface area contributed by atoms with Gasteiger partial charge < -0.3 is 14.8 Å². The summed E-state index contributed by atoms with van der Waals surface area (Å²) in [7, 11) is 0. The third-order valence-electron chi connectivity index (χ3n) is 3.65. The largest absolute Gasteiger partial charge is 0.494 e. The fourth-order valence-electron chi connectivity index (χ4n) is 2.42. The molecule has 0 bridgehead atoms. The number of carbonyl (C=O) groups excluding carboxylic acids is 1. The van der Waals surface area contributed by atoms with Gasteiger partial charge in [-0.3, -0.25) is 4.79 Å². The van der Waals surface area contributed by atoms with Crippen LogP contribution in [0.15, 0.2) is 60.7 Å². The predicted octanol–water partition coefficient (Wildman–Crippen LogP) is 4.21. The molecule has 2 aromatic rings. The Morgan fingerprint density at radius 1 is 1.08 bits per heavy atom. The van der Waals surface area contributed by atoms with Crippen LogP contribution >= 0.6 is 0 Å². The van der Waals surface area contributed by atoms with E-state index in [1.54, 1.807) is 6.08 Å². The fraction of sp³-hybridized carbons (Fsp3) is 0.318. The summed E-state index contributed by atoms with van der Waals surface area (Å²) in [5, 5.41) is 2.97. The zero-order valence-corrected chi connectivity index (χ0v) is 15.7. The molecule has 0 fully saturated rings. The van der Waals surface area contributed by atoms with Gasteiger partial charge in [0, 0.05) is 6.08 Å². The van der Waals surface area contributed by atoms with Crippen LogP contribution in [-0.4, -0.2) is 24.7 Å². The minimum absolute atomic E-state index is 0.146. The molecule has 0 radical (unpaired) electrons. The van der Waals surface area contributed by atoms with Gasteiger partial charge in [-0.2, -0.15) is 0 Å². The van der Waals surface area contributed by atoms with Gasteiger partial charge in [0.2, 0.25) is 5.91 Å². The van der Waals surface area contributed by atoms with Gasteiger partial charge in [-0.1, -0.05) is 42.5 Å². The van der Waals surface area contributed by atoms with E-state index < -0.39 is 5.54 Å². The monoisotopic (exact) mass is 353 g/mol. The van der Waals surface area contributed by atoms with Crippen molar-refractivity contribution >= 4 is 12.0 Å². The summed E-state index contributed by atoms with van der Waals surface area (Å²) in [4.78, 5) is 12.2. The van der Waals surface area contributed by atoms with Crippen molar-refractivity contribution in [3.8, 4) is 5.75 Å². The zero-order valence-electron chi connectivity index (χ0n) is 15.7. The van der Waals surface area contributed by atoms with Gasteiger partial charge in [0.25, 0.3) is 0 Å². The van der Waals surface area contributed by atoms with Crippen molar-refractivity contribution in [3.05, 3.63) is 71.8 Å². The maximum atomic E-state index is 12.2. The Labute approximate surface area is 155 Å². The highest BCUT2D eigenvalue weighted by molar-refractivity contribution is 5.92. The van der Waals surface area contributed by atoms with Crippen molar-refractivity contribution < 1.29 is 14.3 Å². The highest BCUT2D eigenvalue weighted by Crippen LogP contribution is 2.13. The molecule has 0 aliphatic heterocycles. The summed E-state index contributed by atoms with van der Waals surface area (Å²) in [5.74, 6) is 0.679. The first-order chi connectivity index (χ1) is 12.5. The SMILES string of the molecule is CCOc1ccc(/C=C/C(=O)NC(C)(C)COCc2ccccc2)cc1. The van der Waals surface area contributed by atoms with Crippen molar-refractivity contribution in [2.75, 3.05) is 13.2 Å². The Bertz CT molecular complexity index is 706. The molecule has 0 aromatic heterocycles. The molecule has 0 spiro atoms. The number of nitrogens with one attached hydrogen (secondary N) is 1. The van der Waals surface area contributed by atoms with Crippen LogP contribution in [0.4, 0.5) is 0 Å². The van der Waals surface area contributed by atoms with Gasteiger partial charge >= 0.3 is 0 Å². The van der Waals surface area contributed by atoms with E-state index in [2.05, 4.69) is 5.32 Å². The number of hydrogen-bond donors (Lipinski definition) is 1. The van der Waals surface area contributed by atoms with Crippen LogP contribution in [0, 0.1) is 0 Å². The Kier molecular flexibility index (Phi) is 7.42. The Morgan fingerprint density at radius 3 is 2.42 bits per heavy atom. The van der Waals surface area contributed by atoms with Gasteiger partial charge in [-0.15, -0.1) is 0 Å². The van der Waals surface area contributed by atoms with Gasteiger partial charge in [-0.05, 0) is 50.1 Å². The molecule has 138 valence electrons. The molecule has 2 aromatic carbocycles. The van der Waals surface area contributed by atoms with Crippen molar-refractivity contribution in [1.29, 1.82) is 0 Å². The molecule has 0 saturated carbocycles. The topological polar surface area (TPSA) is 47.6 Å². The van der Waals surface area contributed by atoms with Gasteiger partial charge in [0.05, 0.1) is 25.4 Å². The van der Waals surface area contributed by atoms with E-state index in [1.165, 1.54) is 6.08 Å². The summed E-state index contributed by atoms with van der Waals surface area (Å²) < 4.78 is 11.1. The van der Waals surface area contributed by atoms with Gasteiger partial charge in [0.1, 0.15) is 5.75 Å². The molecule has 26 heavy (non-hydrogen) atoms. The minimum Gasteiger partial charge on any atom is -0.494 e. The van der Waals surface area contributed by atoms with E-state index in [1.807, 2.05) is 75.4 Å². The van der Waals surface area contributed by atoms with Crippen LogP contribution in [0.5, 0.6) is 5.75 Å². The first-order valence-electron chi connectivity index (χ1n) is 8.83. The standard InChI is InChI=1S/C22H27NO3/c1-4-26-20-13-10-18(11-14-20)12-15-21(24)23-22(2,3)17-25-16-19-8-6-5-7-9-19/h5-15H,4,16-17H2,1-3H3,(H,23,24)/b15-12+. The molecule has 0 unspecified atom stereocenters. The highest BCUT2D eigenvalue weighted by atomic mass is 16.5. The van der Waals surface area contributed by atoms with E-state index in [9.17, 15) is 4.79 Å². The van der Waals surface area contributed by atoms with Crippen molar-refractivity contribution in [1.82, 2.24) is 5.32 Å². The molecule has 0 aliphatic rings. The van der Waals surface area contributed by atoms with Crippen LogP contribution in [0.3, 0.4) is 0 Å². The second-order valence-electron chi connectivity index (χ2n) is 6.69. The van der Waals surface area contributed by atoms with E-state index >= 15 is 0 Å². The lowest BCUT2D eigenvalue weighted by atomic mass is 10.1. The average molecular weight is 353 g/mol. The Morgan fingerprint density at radius 2 is 1.77 bits per heavy atom. The quantitative estimate of drug-likeness (QED) is 0.687. The summed E-state index contributed by atoms with van der Waals surface area (Å²) in [6.07, 6.45) is 3.32. The average Bonchev–Trinajstić information content (AvgIpc) is 2.62. The van der Waals surface area contributed by atoms with Gasteiger partial charge in [-0.25, -0.2) is 0 Å². The van der Waals surface area contributed by atoms with Crippen LogP contribution < -0.4 is 10.1 Å². The number of benzene rings is 2. The third kappa shape index (κ3) is 7.11. The normalized spacial score (nSPS) is 11.5.